The number of aromatic nitrogens is 5. The number of amides is 1. The van der Waals surface area contributed by atoms with Crippen molar-refractivity contribution in [2.75, 3.05) is 26.0 Å². The molecule has 53 heavy (non-hydrogen) atoms. The zero-order chi connectivity index (χ0) is 36.7. The molecular formula is C35H36Cl2F2N8O5S. The molecule has 1 unspecified atom stereocenters. The standard InChI is InChI=1S/C35H34F2N8O5S.2ClH/c1-22(32-41-30(18-51-32)25-9-7-24(17-38)8-10-25)35(48,28-16-26(36)11-12-29(28)37)19-45-21-44(20-40-45)14-15-49-34(47)42-31-27(6-5-13-39-31)33(43(3)4)50-23(2)46;;/h5-13,16,18,20-22,33,48H,14-15,19H2,1-4H3;2*1H/t22-,33?,35+;;/m0../s1. The monoisotopic (exact) mass is 788 g/mol. The third-order valence-electron chi connectivity index (χ3n) is 8.00. The Kier molecular flexibility index (Phi) is 14.9. The van der Waals surface area contributed by atoms with Gasteiger partial charge in [0.15, 0.2) is 6.23 Å². The molecule has 5 rings (SSSR count). The number of hydrogen-bond acceptors (Lipinski definition) is 11. The first kappa shape index (κ1) is 42.4. The van der Waals surface area contributed by atoms with Crippen LogP contribution >= 0.6 is 23.7 Å². The first-order valence-corrected chi connectivity index (χ1v) is 16.5. The number of hydrogen-bond donors (Lipinski definition) is 2. The van der Waals surface area contributed by atoms with Crippen molar-refractivity contribution in [3.8, 4) is 17.3 Å². The van der Waals surface area contributed by atoms with Crippen LogP contribution in [-0.4, -0.2) is 62.5 Å². The average molecular weight is 790 g/mol. The Balaban J connectivity index is 0.00000378. The molecule has 0 spiro atoms. The number of thiazole rings is 1. The lowest BCUT2D eigenvalue weighted by molar-refractivity contribution is -0.698. The van der Waals surface area contributed by atoms with Crippen molar-refractivity contribution >= 4 is 41.6 Å². The molecule has 2 aromatic carbocycles. The van der Waals surface area contributed by atoms with E-state index in [1.165, 1.54) is 41.8 Å². The number of carbonyl (C=O) groups excluding carboxylic acids is 2. The van der Waals surface area contributed by atoms with Crippen LogP contribution in [0, 0.1) is 23.0 Å². The summed E-state index contributed by atoms with van der Waals surface area (Å²) in [5.41, 5.74) is 0.0581. The number of esters is 1. The number of carbonyl (C=O) groups is 2. The van der Waals surface area contributed by atoms with E-state index in [0.717, 1.165) is 23.8 Å². The van der Waals surface area contributed by atoms with Crippen molar-refractivity contribution in [1.29, 1.82) is 5.26 Å². The van der Waals surface area contributed by atoms with E-state index in [0.29, 0.717) is 21.8 Å². The van der Waals surface area contributed by atoms with Crippen LogP contribution in [0.15, 0.2) is 78.8 Å². The molecule has 0 radical (unpaired) electrons. The van der Waals surface area contributed by atoms with Gasteiger partial charge in [0.05, 0.1) is 27.9 Å². The second kappa shape index (κ2) is 18.6. The molecule has 0 aliphatic heterocycles. The summed E-state index contributed by atoms with van der Waals surface area (Å²) in [4.78, 5) is 34.8. The summed E-state index contributed by atoms with van der Waals surface area (Å²) >= 11 is 1.26. The minimum atomic E-state index is -2.00. The van der Waals surface area contributed by atoms with Crippen molar-refractivity contribution in [2.24, 2.45) is 0 Å². The number of halogens is 4. The molecule has 0 bridgehead atoms. The number of nitriles is 1. The second-order valence-corrected chi connectivity index (χ2v) is 12.7. The predicted octanol–water partition coefficient (Wildman–Crippen LogP) is 2.33. The minimum Gasteiger partial charge on any atom is -1.00 e. The van der Waals surface area contributed by atoms with Gasteiger partial charge in [0, 0.05) is 40.6 Å². The van der Waals surface area contributed by atoms with Crippen LogP contribution in [0.1, 0.15) is 47.7 Å². The van der Waals surface area contributed by atoms with E-state index in [9.17, 15) is 19.1 Å². The molecule has 0 aliphatic rings. The van der Waals surface area contributed by atoms with Crippen LogP contribution in [0.5, 0.6) is 0 Å². The van der Waals surface area contributed by atoms with Crippen molar-refractivity contribution in [2.45, 2.75) is 44.7 Å². The molecule has 3 aromatic heterocycles. The fourth-order valence-corrected chi connectivity index (χ4v) is 6.30. The maximum atomic E-state index is 15.3. The Morgan fingerprint density at radius 1 is 1.19 bits per heavy atom. The van der Waals surface area contributed by atoms with Crippen LogP contribution in [0.2, 0.25) is 0 Å². The lowest BCUT2D eigenvalue weighted by atomic mass is 9.82. The van der Waals surface area contributed by atoms with Crippen LogP contribution in [-0.2, 0) is 33.0 Å². The van der Waals surface area contributed by atoms with Crippen molar-refractivity contribution in [3.05, 3.63) is 112 Å². The first-order valence-electron chi connectivity index (χ1n) is 15.7. The highest BCUT2D eigenvalue weighted by Gasteiger charge is 2.43. The molecule has 2 N–H and O–H groups in total. The maximum absolute atomic E-state index is 15.3. The van der Waals surface area contributed by atoms with E-state index >= 15 is 4.39 Å². The number of anilines is 1. The largest absolute Gasteiger partial charge is 1.00 e. The van der Waals surface area contributed by atoms with Gasteiger partial charge in [-0.15, -0.1) is 28.4 Å². The summed E-state index contributed by atoms with van der Waals surface area (Å²) in [6.07, 6.45) is 2.87. The van der Waals surface area contributed by atoms with E-state index in [1.54, 1.807) is 72.3 Å². The van der Waals surface area contributed by atoms with Crippen LogP contribution in [0.3, 0.4) is 0 Å². The van der Waals surface area contributed by atoms with Gasteiger partial charge in [-0.1, -0.05) is 19.1 Å². The van der Waals surface area contributed by atoms with Gasteiger partial charge in [-0.2, -0.15) is 5.26 Å². The SMILES string of the molecule is CC(=O)OC(c1cccnc1NC(=O)OCC[n+]1cnn(C[C@](O)(c2cc(F)ccc2F)[C@@H](C)c2nc(-c3ccc(C#N)cc3)cs2)c1)N(C)C.Cl.[Cl-]. The van der Waals surface area contributed by atoms with Gasteiger partial charge in [0.25, 0.3) is 6.33 Å². The molecule has 280 valence electrons. The lowest BCUT2D eigenvalue weighted by Gasteiger charge is -2.32. The van der Waals surface area contributed by atoms with Gasteiger partial charge in [0.2, 0.25) is 6.33 Å². The van der Waals surface area contributed by atoms with E-state index in [4.69, 9.17) is 19.7 Å². The number of nitrogens with zero attached hydrogens (tertiary/aromatic N) is 7. The maximum Gasteiger partial charge on any atom is 0.412 e. The number of aliphatic hydroxyl groups is 1. The summed E-state index contributed by atoms with van der Waals surface area (Å²) in [5, 5.41) is 30.5. The van der Waals surface area contributed by atoms with Crippen LogP contribution in [0.25, 0.3) is 11.3 Å². The quantitative estimate of drug-likeness (QED) is 0.103. The van der Waals surface area contributed by atoms with Gasteiger partial charge in [-0.3, -0.25) is 15.0 Å². The van der Waals surface area contributed by atoms with Crippen molar-refractivity contribution in [1.82, 2.24) is 24.6 Å². The normalized spacial score (nSPS) is 13.0. The van der Waals surface area contributed by atoms with E-state index in [-0.39, 0.29) is 55.9 Å². The van der Waals surface area contributed by atoms with Gasteiger partial charge in [0.1, 0.15) is 42.7 Å². The Labute approximate surface area is 320 Å². The lowest BCUT2D eigenvalue weighted by Crippen LogP contribution is -3.00. The molecule has 0 aliphatic carbocycles. The fraction of sp³-hybridized carbons (Fsp3) is 0.286. The molecule has 3 heterocycles. The second-order valence-electron chi connectivity index (χ2n) is 11.8. The highest BCUT2D eigenvalue weighted by molar-refractivity contribution is 7.10. The molecule has 3 atom stereocenters. The van der Waals surface area contributed by atoms with Gasteiger partial charge in [-0.25, -0.2) is 28.1 Å². The zero-order valence-corrected chi connectivity index (χ0v) is 31.3. The van der Waals surface area contributed by atoms with Gasteiger partial charge in [-0.05, 0) is 56.6 Å². The zero-order valence-electron chi connectivity index (χ0n) is 28.9. The van der Waals surface area contributed by atoms with Crippen molar-refractivity contribution < 1.29 is 49.9 Å². The van der Waals surface area contributed by atoms with Gasteiger partial charge >= 0.3 is 12.1 Å². The van der Waals surface area contributed by atoms with E-state index in [2.05, 4.69) is 21.5 Å². The fourth-order valence-electron chi connectivity index (χ4n) is 5.33. The molecular weight excluding hydrogens is 753 g/mol. The highest BCUT2D eigenvalue weighted by Crippen LogP contribution is 2.41. The molecule has 18 heteroatoms. The number of nitrogens with one attached hydrogen (secondary N) is 1. The predicted molar refractivity (Wildman–Crippen MR) is 188 cm³/mol. The smallest absolute Gasteiger partial charge is 0.412 e. The molecule has 13 nitrogen and oxygen atoms in total. The summed E-state index contributed by atoms with van der Waals surface area (Å²) in [7, 11) is 3.43. The minimum absolute atomic E-state index is 0. The van der Waals surface area contributed by atoms with Crippen LogP contribution < -0.4 is 22.3 Å². The van der Waals surface area contributed by atoms with Crippen LogP contribution in [0.4, 0.5) is 19.4 Å². The molecule has 0 saturated heterocycles. The van der Waals surface area contributed by atoms with E-state index < -0.39 is 41.4 Å². The first-order chi connectivity index (χ1) is 24.4. The number of rotatable bonds is 13. The summed E-state index contributed by atoms with van der Waals surface area (Å²) in [6, 6.07) is 15.2. The number of pyridine rings is 1. The molecule has 5 aromatic rings. The Morgan fingerprint density at radius 2 is 1.92 bits per heavy atom. The van der Waals surface area contributed by atoms with E-state index in [1.807, 2.05) is 0 Å². The topological polar surface area (TPSA) is 159 Å². The third kappa shape index (κ3) is 10.3. The third-order valence-corrected chi connectivity index (χ3v) is 9.03. The summed E-state index contributed by atoms with van der Waals surface area (Å²) in [5.74, 6) is -2.68. The molecule has 1 amide bonds. The average Bonchev–Trinajstić information content (AvgIpc) is 3.78. The number of ether oxygens (including phenoxy) is 2. The Morgan fingerprint density at radius 3 is 2.60 bits per heavy atom. The van der Waals surface area contributed by atoms with Gasteiger partial charge < -0.3 is 27.0 Å². The summed E-state index contributed by atoms with van der Waals surface area (Å²) < 4.78 is 43.4. The summed E-state index contributed by atoms with van der Waals surface area (Å²) in [6.45, 7) is 2.77. The molecule has 0 saturated carbocycles. The molecule has 0 fully saturated rings. The highest BCUT2D eigenvalue weighted by atomic mass is 35.5. The van der Waals surface area contributed by atoms with Crippen molar-refractivity contribution in [3.63, 3.8) is 0 Å². The number of benzene rings is 2. The Bertz CT molecular complexity index is 2060. The Hall–Kier alpha value is -5.05.